The van der Waals surface area contributed by atoms with E-state index in [0.717, 1.165) is 19.5 Å². The summed E-state index contributed by atoms with van der Waals surface area (Å²) in [4.78, 5) is 6.50. The summed E-state index contributed by atoms with van der Waals surface area (Å²) >= 11 is 0. The van der Waals surface area contributed by atoms with E-state index in [2.05, 4.69) is 58.8 Å². The number of nitrogens with zero attached hydrogens (tertiary/aromatic N) is 2. The zero-order chi connectivity index (χ0) is 18.7. The smallest absolute Gasteiger partial charge is 0.190 e. The summed E-state index contributed by atoms with van der Waals surface area (Å²) in [5, 5.41) is 6.43. The van der Waals surface area contributed by atoms with Crippen molar-refractivity contribution in [3.8, 4) is 0 Å². The molecular weight excluding hydrogens is 336 g/mol. The van der Waals surface area contributed by atoms with Crippen molar-refractivity contribution in [1.29, 1.82) is 0 Å². The maximum atomic E-state index is 11.1. The van der Waals surface area contributed by atoms with Gasteiger partial charge in [0.05, 0.1) is 5.75 Å². The van der Waals surface area contributed by atoms with Gasteiger partial charge in [0.2, 0.25) is 0 Å². The van der Waals surface area contributed by atoms with E-state index < -0.39 is 9.84 Å². The standard InChI is InChI=1S/C18H32N4O2S/c1-16(22(3)15-17-9-6-5-7-10-17)11-13-21-18(19-2)20-12-8-14-25(4,23)24/h5-7,9-10,16H,8,11-15H2,1-4H3,(H2,19,20,21). The molecule has 0 spiro atoms. The lowest BCUT2D eigenvalue weighted by Crippen LogP contribution is -2.40. The minimum atomic E-state index is -2.90. The highest BCUT2D eigenvalue weighted by Gasteiger charge is 2.10. The molecule has 0 aliphatic rings. The molecule has 1 unspecified atom stereocenters. The summed E-state index contributed by atoms with van der Waals surface area (Å²) in [5.41, 5.74) is 1.31. The number of aliphatic imine (C=N–C) groups is 1. The van der Waals surface area contributed by atoms with Crippen molar-refractivity contribution in [3.05, 3.63) is 35.9 Å². The molecule has 0 saturated carbocycles. The number of benzene rings is 1. The molecule has 0 radical (unpaired) electrons. The van der Waals surface area contributed by atoms with Gasteiger partial charge in [0, 0.05) is 39.0 Å². The molecule has 0 bridgehead atoms. The topological polar surface area (TPSA) is 73.8 Å². The normalized spacial score (nSPS) is 13.7. The molecular formula is C18H32N4O2S. The molecule has 25 heavy (non-hydrogen) atoms. The Hall–Kier alpha value is -1.60. The van der Waals surface area contributed by atoms with E-state index in [1.807, 2.05) is 6.07 Å². The van der Waals surface area contributed by atoms with Crippen LogP contribution in [0.15, 0.2) is 35.3 Å². The van der Waals surface area contributed by atoms with Crippen LogP contribution >= 0.6 is 0 Å². The zero-order valence-corrected chi connectivity index (χ0v) is 16.6. The van der Waals surface area contributed by atoms with Crippen molar-refractivity contribution in [2.75, 3.05) is 39.2 Å². The van der Waals surface area contributed by atoms with E-state index in [1.165, 1.54) is 11.8 Å². The second-order valence-corrected chi connectivity index (χ2v) is 8.71. The minimum absolute atomic E-state index is 0.193. The zero-order valence-electron chi connectivity index (χ0n) is 15.8. The number of guanidine groups is 1. The Balaban J connectivity index is 2.24. The highest BCUT2D eigenvalue weighted by Crippen LogP contribution is 2.07. The Morgan fingerprint density at radius 3 is 2.44 bits per heavy atom. The van der Waals surface area contributed by atoms with Crippen molar-refractivity contribution in [3.63, 3.8) is 0 Å². The fourth-order valence-corrected chi connectivity index (χ4v) is 3.08. The van der Waals surface area contributed by atoms with Crippen LogP contribution in [0.2, 0.25) is 0 Å². The molecule has 0 amide bonds. The van der Waals surface area contributed by atoms with Gasteiger partial charge in [-0.05, 0) is 32.4 Å². The largest absolute Gasteiger partial charge is 0.356 e. The number of sulfone groups is 1. The van der Waals surface area contributed by atoms with Crippen LogP contribution in [0.5, 0.6) is 0 Å². The Morgan fingerprint density at radius 2 is 1.84 bits per heavy atom. The average Bonchev–Trinajstić information content (AvgIpc) is 2.56. The highest BCUT2D eigenvalue weighted by molar-refractivity contribution is 7.90. The van der Waals surface area contributed by atoms with E-state index in [-0.39, 0.29) is 5.75 Å². The van der Waals surface area contributed by atoms with Crippen LogP contribution in [-0.4, -0.2) is 64.5 Å². The second-order valence-electron chi connectivity index (χ2n) is 6.45. The highest BCUT2D eigenvalue weighted by atomic mass is 32.2. The molecule has 6 nitrogen and oxygen atoms in total. The van der Waals surface area contributed by atoms with Crippen molar-refractivity contribution >= 4 is 15.8 Å². The van der Waals surface area contributed by atoms with Crippen LogP contribution in [0.25, 0.3) is 0 Å². The van der Waals surface area contributed by atoms with Gasteiger partial charge in [-0.2, -0.15) is 0 Å². The third kappa shape index (κ3) is 10.1. The summed E-state index contributed by atoms with van der Waals surface area (Å²) in [6.07, 6.45) is 2.83. The lowest BCUT2D eigenvalue weighted by molar-refractivity contribution is 0.238. The van der Waals surface area contributed by atoms with E-state index in [0.29, 0.717) is 25.0 Å². The quantitative estimate of drug-likeness (QED) is 0.372. The van der Waals surface area contributed by atoms with E-state index in [9.17, 15) is 8.42 Å². The minimum Gasteiger partial charge on any atom is -0.356 e. The molecule has 142 valence electrons. The third-order valence-corrected chi connectivity index (χ3v) is 5.12. The van der Waals surface area contributed by atoms with Crippen molar-refractivity contribution in [2.24, 2.45) is 4.99 Å². The lowest BCUT2D eigenvalue weighted by atomic mass is 10.1. The molecule has 7 heteroatoms. The van der Waals surface area contributed by atoms with Crippen molar-refractivity contribution < 1.29 is 8.42 Å². The molecule has 1 aromatic carbocycles. The van der Waals surface area contributed by atoms with Gasteiger partial charge in [-0.15, -0.1) is 0 Å². The molecule has 0 fully saturated rings. The van der Waals surface area contributed by atoms with Gasteiger partial charge in [0.1, 0.15) is 9.84 Å². The second kappa shape index (κ2) is 11.1. The number of hydrogen-bond acceptors (Lipinski definition) is 4. The van der Waals surface area contributed by atoms with E-state index >= 15 is 0 Å². The van der Waals surface area contributed by atoms with Crippen LogP contribution < -0.4 is 10.6 Å². The van der Waals surface area contributed by atoms with Gasteiger partial charge in [-0.3, -0.25) is 9.89 Å². The van der Waals surface area contributed by atoms with Gasteiger partial charge < -0.3 is 10.6 Å². The number of rotatable bonds is 10. The molecule has 0 aliphatic carbocycles. The fraction of sp³-hybridized carbons (Fsp3) is 0.611. The molecule has 1 aromatic rings. The number of hydrogen-bond donors (Lipinski definition) is 2. The summed E-state index contributed by atoms with van der Waals surface area (Å²) in [5.74, 6) is 0.907. The van der Waals surface area contributed by atoms with Crippen LogP contribution in [0.3, 0.4) is 0 Å². The molecule has 1 rings (SSSR count). The first-order valence-electron chi connectivity index (χ1n) is 8.68. The van der Waals surface area contributed by atoms with Crippen LogP contribution in [0.1, 0.15) is 25.3 Å². The molecule has 0 saturated heterocycles. The molecule has 0 heterocycles. The summed E-state index contributed by atoms with van der Waals surface area (Å²) in [6, 6.07) is 10.9. The first-order valence-corrected chi connectivity index (χ1v) is 10.7. The fourth-order valence-electron chi connectivity index (χ4n) is 2.41. The molecule has 0 aliphatic heterocycles. The maximum Gasteiger partial charge on any atom is 0.190 e. The summed E-state index contributed by atoms with van der Waals surface area (Å²) < 4.78 is 22.2. The van der Waals surface area contributed by atoms with Gasteiger partial charge >= 0.3 is 0 Å². The van der Waals surface area contributed by atoms with Gasteiger partial charge in [0.15, 0.2) is 5.96 Å². The van der Waals surface area contributed by atoms with Crippen molar-refractivity contribution in [2.45, 2.75) is 32.4 Å². The van der Waals surface area contributed by atoms with Crippen LogP contribution in [0, 0.1) is 0 Å². The third-order valence-electron chi connectivity index (χ3n) is 4.09. The van der Waals surface area contributed by atoms with E-state index in [4.69, 9.17) is 0 Å². The summed E-state index contributed by atoms with van der Waals surface area (Å²) in [6.45, 7) is 4.55. The van der Waals surface area contributed by atoms with Gasteiger partial charge in [-0.25, -0.2) is 8.42 Å². The van der Waals surface area contributed by atoms with Crippen LogP contribution in [-0.2, 0) is 16.4 Å². The Bertz CT molecular complexity index is 617. The first-order chi connectivity index (χ1) is 11.8. The SMILES string of the molecule is CN=C(NCCCS(C)(=O)=O)NCCC(C)N(C)Cc1ccccc1. The Morgan fingerprint density at radius 1 is 1.20 bits per heavy atom. The predicted octanol–water partition coefficient (Wildman–Crippen LogP) is 1.50. The van der Waals surface area contributed by atoms with Gasteiger partial charge in [-0.1, -0.05) is 30.3 Å². The van der Waals surface area contributed by atoms with Crippen molar-refractivity contribution in [1.82, 2.24) is 15.5 Å². The maximum absolute atomic E-state index is 11.1. The molecule has 0 aromatic heterocycles. The lowest BCUT2D eigenvalue weighted by Gasteiger charge is -2.25. The number of nitrogens with one attached hydrogen (secondary N) is 2. The Kier molecular flexibility index (Phi) is 9.52. The van der Waals surface area contributed by atoms with Crippen LogP contribution in [0.4, 0.5) is 0 Å². The predicted molar refractivity (Wildman–Crippen MR) is 106 cm³/mol. The van der Waals surface area contributed by atoms with E-state index in [1.54, 1.807) is 7.05 Å². The van der Waals surface area contributed by atoms with Gasteiger partial charge in [0.25, 0.3) is 0 Å². The first kappa shape index (κ1) is 21.4. The summed E-state index contributed by atoms with van der Waals surface area (Å²) in [7, 11) is 0.956. The Labute approximate surface area is 152 Å². The molecule has 1 atom stereocenters. The monoisotopic (exact) mass is 368 g/mol. The molecule has 2 N–H and O–H groups in total. The average molecular weight is 369 g/mol.